The molecule has 0 aliphatic heterocycles. The smallest absolute Gasteiger partial charge is 0.308 e. The van der Waals surface area contributed by atoms with Crippen molar-refractivity contribution in [3.8, 4) is 0 Å². The van der Waals surface area contributed by atoms with Crippen LogP contribution in [0.25, 0.3) is 11.0 Å². The van der Waals surface area contributed by atoms with Crippen LogP contribution in [0.2, 0.25) is 0 Å². The number of hydrogen-bond donors (Lipinski definition) is 2. The van der Waals surface area contributed by atoms with E-state index < -0.39 is 17.8 Å². The molecule has 2 N–H and O–H groups in total. The predicted octanol–water partition coefficient (Wildman–Crippen LogP) is 4.35. The number of urea groups is 1. The van der Waals surface area contributed by atoms with Gasteiger partial charge in [-0.15, -0.1) is 0 Å². The summed E-state index contributed by atoms with van der Waals surface area (Å²) in [6.45, 7) is 0. The van der Waals surface area contributed by atoms with Crippen LogP contribution < -0.4 is 10.6 Å². The zero-order valence-corrected chi connectivity index (χ0v) is 12.2. The van der Waals surface area contributed by atoms with Crippen LogP contribution in [-0.4, -0.2) is 14.8 Å². The van der Waals surface area contributed by atoms with Gasteiger partial charge in [-0.2, -0.15) is 21.9 Å². The number of anilines is 2. The van der Waals surface area contributed by atoms with Crippen LogP contribution >= 0.6 is 11.7 Å². The van der Waals surface area contributed by atoms with Gasteiger partial charge in [-0.25, -0.2) is 4.79 Å². The largest absolute Gasteiger partial charge is 0.416 e. The summed E-state index contributed by atoms with van der Waals surface area (Å²) >= 11 is 1.05. The van der Waals surface area contributed by atoms with Gasteiger partial charge in [-0.3, -0.25) is 0 Å². The third-order valence-corrected chi connectivity index (χ3v) is 3.52. The molecule has 0 atom stereocenters. The topological polar surface area (TPSA) is 66.9 Å². The van der Waals surface area contributed by atoms with E-state index in [0.717, 1.165) is 23.9 Å². The van der Waals surface area contributed by atoms with E-state index in [4.69, 9.17) is 0 Å². The summed E-state index contributed by atoms with van der Waals surface area (Å²) in [5.41, 5.74) is 1.03. The fourth-order valence-electron chi connectivity index (χ4n) is 1.93. The first-order valence-corrected chi connectivity index (χ1v) is 7.12. The number of alkyl halides is 3. The van der Waals surface area contributed by atoms with Crippen molar-refractivity contribution in [2.75, 3.05) is 10.6 Å². The average molecular weight is 338 g/mol. The van der Waals surface area contributed by atoms with E-state index in [0.29, 0.717) is 16.7 Å². The number of carbonyl (C=O) groups excluding carboxylic acids is 1. The molecule has 9 heteroatoms. The molecule has 0 saturated heterocycles. The molecule has 0 fully saturated rings. The highest BCUT2D eigenvalue weighted by atomic mass is 32.1. The van der Waals surface area contributed by atoms with E-state index in [1.54, 1.807) is 18.2 Å². The Morgan fingerprint density at radius 1 is 0.957 bits per heavy atom. The van der Waals surface area contributed by atoms with Crippen molar-refractivity contribution in [1.29, 1.82) is 0 Å². The normalized spacial score (nSPS) is 11.4. The molecular weight excluding hydrogens is 329 g/mol. The Bertz CT molecular complexity index is 862. The van der Waals surface area contributed by atoms with Crippen molar-refractivity contribution < 1.29 is 18.0 Å². The summed E-state index contributed by atoms with van der Waals surface area (Å²) in [5.74, 6) is 0. The Morgan fingerprint density at radius 3 is 2.39 bits per heavy atom. The molecule has 0 bridgehead atoms. The lowest BCUT2D eigenvalue weighted by Gasteiger charge is -2.10. The molecule has 118 valence electrons. The van der Waals surface area contributed by atoms with Gasteiger partial charge in [0.15, 0.2) is 0 Å². The standard InChI is InChI=1S/C14H9F3N4OS/c15-14(16,17)8-2-1-3-9(6-8)18-13(22)19-10-4-5-11-12(7-10)21-23-20-11/h1-7H,(H2,18,19,22). The van der Waals surface area contributed by atoms with Gasteiger partial charge in [0.05, 0.1) is 17.3 Å². The maximum Gasteiger partial charge on any atom is 0.416 e. The Hall–Kier alpha value is -2.68. The average Bonchev–Trinajstić information content (AvgIpc) is 2.94. The zero-order chi connectivity index (χ0) is 16.4. The molecule has 0 saturated carbocycles. The first-order chi connectivity index (χ1) is 10.9. The van der Waals surface area contributed by atoms with Gasteiger partial charge < -0.3 is 10.6 Å². The van der Waals surface area contributed by atoms with E-state index in [1.165, 1.54) is 12.1 Å². The first kappa shape index (κ1) is 15.2. The van der Waals surface area contributed by atoms with Crippen LogP contribution in [0, 0.1) is 0 Å². The third kappa shape index (κ3) is 3.57. The second-order valence-corrected chi connectivity index (χ2v) is 5.15. The minimum atomic E-state index is -4.46. The van der Waals surface area contributed by atoms with Crippen LogP contribution in [0.4, 0.5) is 29.3 Å². The van der Waals surface area contributed by atoms with Crippen LogP contribution in [0.1, 0.15) is 5.56 Å². The maximum absolute atomic E-state index is 12.6. The minimum Gasteiger partial charge on any atom is -0.308 e. The summed E-state index contributed by atoms with van der Waals surface area (Å²) in [7, 11) is 0. The number of rotatable bonds is 2. The van der Waals surface area contributed by atoms with Crippen molar-refractivity contribution in [2.24, 2.45) is 0 Å². The van der Waals surface area contributed by atoms with E-state index in [1.807, 2.05) is 0 Å². The second kappa shape index (κ2) is 5.84. The van der Waals surface area contributed by atoms with Gasteiger partial charge in [0.25, 0.3) is 0 Å². The van der Waals surface area contributed by atoms with Gasteiger partial charge in [-0.05, 0) is 36.4 Å². The Kier molecular flexibility index (Phi) is 3.87. The van der Waals surface area contributed by atoms with Gasteiger partial charge in [0.1, 0.15) is 11.0 Å². The van der Waals surface area contributed by atoms with Crippen molar-refractivity contribution in [1.82, 2.24) is 8.75 Å². The molecule has 2 aromatic carbocycles. The number of hydrogen-bond acceptors (Lipinski definition) is 4. The molecule has 1 aromatic heterocycles. The molecule has 0 aliphatic carbocycles. The van der Waals surface area contributed by atoms with Gasteiger partial charge in [-0.1, -0.05) is 6.07 Å². The molecule has 3 rings (SSSR count). The summed E-state index contributed by atoms with van der Waals surface area (Å²) < 4.78 is 46.0. The SMILES string of the molecule is O=C(Nc1cccc(C(F)(F)F)c1)Nc1ccc2nsnc2c1. The third-order valence-electron chi connectivity index (χ3n) is 2.96. The molecule has 0 radical (unpaired) electrons. The van der Waals surface area contributed by atoms with Crippen molar-refractivity contribution in [3.63, 3.8) is 0 Å². The lowest BCUT2D eigenvalue weighted by molar-refractivity contribution is -0.137. The van der Waals surface area contributed by atoms with Crippen LogP contribution in [0.15, 0.2) is 42.5 Å². The van der Waals surface area contributed by atoms with Gasteiger partial charge >= 0.3 is 12.2 Å². The molecule has 5 nitrogen and oxygen atoms in total. The van der Waals surface area contributed by atoms with Crippen LogP contribution in [-0.2, 0) is 6.18 Å². The minimum absolute atomic E-state index is 0.0497. The van der Waals surface area contributed by atoms with Crippen molar-refractivity contribution in [2.45, 2.75) is 6.18 Å². The van der Waals surface area contributed by atoms with E-state index >= 15 is 0 Å². The molecule has 0 aliphatic rings. The number of nitrogens with zero attached hydrogens (tertiary/aromatic N) is 2. The first-order valence-electron chi connectivity index (χ1n) is 6.39. The van der Waals surface area contributed by atoms with Crippen molar-refractivity contribution >= 4 is 40.2 Å². The van der Waals surface area contributed by atoms with E-state index in [-0.39, 0.29) is 5.69 Å². The Morgan fingerprint density at radius 2 is 1.65 bits per heavy atom. The number of halogens is 3. The summed E-state index contributed by atoms with van der Waals surface area (Å²) in [6.07, 6.45) is -4.46. The summed E-state index contributed by atoms with van der Waals surface area (Å²) in [5, 5.41) is 4.90. The lowest BCUT2D eigenvalue weighted by atomic mass is 10.2. The fourth-order valence-corrected chi connectivity index (χ4v) is 2.44. The van der Waals surface area contributed by atoms with E-state index in [9.17, 15) is 18.0 Å². The van der Waals surface area contributed by atoms with Crippen LogP contribution in [0.5, 0.6) is 0 Å². The highest BCUT2D eigenvalue weighted by Crippen LogP contribution is 2.30. The number of fused-ring (bicyclic) bond motifs is 1. The van der Waals surface area contributed by atoms with Crippen molar-refractivity contribution in [3.05, 3.63) is 48.0 Å². The Labute approximate surface area is 132 Å². The van der Waals surface area contributed by atoms with Gasteiger partial charge in [0.2, 0.25) is 0 Å². The number of nitrogens with one attached hydrogen (secondary N) is 2. The molecule has 1 heterocycles. The molecular formula is C14H9F3N4OS. The highest BCUT2D eigenvalue weighted by molar-refractivity contribution is 7.00. The monoisotopic (exact) mass is 338 g/mol. The van der Waals surface area contributed by atoms with E-state index in [2.05, 4.69) is 19.4 Å². The molecule has 0 spiro atoms. The molecule has 3 aromatic rings. The number of carbonyl (C=O) groups is 1. The summed E-state index contributed by atoms with van der Waals surface area (Å²) in [6, 6.07) is 8.72. The van der Waals surface area contributed by atoms with Gasteiger partial charge in [0, 0.05) is 11.4 Å². The quantitative estimate of drug-likeness (QED) is 0.730. The number of aromatic nitrogens is 2. The second-order valence-electron chi connectivity index (χ2n) is 4.63. The number of benzene rings is 2. The predicted molar refractivity (Wildman–Crippen MR) is 81.5 cm³/mol. The molecule has 0 unspecified atom stereocenters. The molecule has 23 heavy (non-hydrogen) atoms. The lowest BCUT2D eigenvalue weighted by Crippen LogP contribution is -2.19. The highest BCUT2D eigenvalue weighted by Gasteiger charge is 2.30. The van der Waals surface area contributed by atoms with Crippen LogP contribution in [0.3, 0.4) is 0 Å². The summed E-state index contributed by atoms with van der Waals surface area (Å²) in [4.78, 5) is 11.9. The zero-order valence-electron chi connectivity index (χ0n) is 11.4. The fraction of sp³-hybridized carbons (Fsp3) is 0.0714. The molecule has 2 amide bonds. The maximum atomic E-state index is 12.6. The Balaban J connectivity index is 1.71. The number of amides is 2.